The van der Waals surface area contributed by atoms with Gasteiger partial charge in [0.1, 0.15) is 17.4 Å². The molecule has 1 fully saturated rings. The summed E-state index contributed by atoms with van der Waals surface area (Å²) in [6.45, 7) is 5.00. The Morgan fingerprint density at radius 2 is 2.09 bits per heavy atom. The standard InChI is InChI=1S/C15H17F2N3O2/c1-14(2,3)22-13(21)20-8-11(9-20)15(16,17)10-4-5-19-12(6-10)7-18/h4-6,11H,8-9H2,1-3H3. The van der Waals surface area contributed by atoms with Gasteiger partial charge in [0.05, 0.1) is 5.92 Å². The van der Waals surface area contributed by atoms with Crippen LogP contribution >= 0.6 is 0 Å². The molecule has 0 aromatic carbocycles. The lowest BCUT2D eigenvalue weighted by Gasteiger charge is -2.43. The Kier molecular flexibility index (Phi) is 4.05. The van der Waals surface area contributed by atoms with Crippen LogP contribution in [0.2, 0.25) is 0 Å². The van der Waals surface area contributed by atoms with E-state index < -0.39 is 23.5 Å². The van der Waals surface area contributed by atoms with Crippen LogP contribution < -0.4 is 0 Å². The number of nitrogens with zero attached hydrogens (tertiary/aromatic N) is 3. The normalized spacial score (nSPS) is 15.9. The number of ether oxygens (including phenoxy) is 1. The summed E-state index contributed by atoms with van der Waals surface area (Å²) in [6.07, 6.45) is 0.596. The highest BCUT2D eigenvalue weighted by Crippen LogP contribution is 2.41. The molecular weight excluding hydrogens is 292 g/mol. The van der Waals surface area contributed by atoms with Crippen molar-refractivity contribution in [2.24, 2.45) is 5.92 Å². The Hall–Kier alpha value is -2.23. The molecule has 0 radical (unpaired) electrons. The van der Waals surface area contributed by atoms with Crippen LogP contribution in [0.4, 0.5) is 13.6 Å². The molecular formula is C15H17F2N3O2. The Labute approximate surface area is 127 Å². The topological polar surface area (TPSA) is 66.2 Å². The van der Waals surface area contributed by atoms with Crippen LogP contribution in [-0.4, -0.2) is 34.7 Å². The zero-order valence-electron chi connectivity index (χ0n) is 12.6. The van der Waals surface area contributed by atoms with Gasteiger partial charge in [-0.25, -0.2) is 18.6 Å². The molecule has 5 nitrogen and oxygen atoms in total. The number of rotatable bonds is 2. The van der Waals surface area contributed by atoms with Crippen molar-refractivity contribution in [2.75, 3.05) is 13.1 Å². The first-order chi connectivity index (χ1) is 10.1. The predicted molar refractivity (Wildman–Crippen MR) is 74.1 cm³/mol. The van der Waals surface area contributed by atoms with E-state index in [1.807, 2.05) is 0 Å². The second kappa shape index (κ2) is 5.52. The van der Waals surface area contributed by atoms with E-state index in [0.29, 0.717) is 0 Å². The summed E-state index contributed by atoms with van der Waals surface area (Å²) in [5.41, 5.74) is -0.967. The maximum atomic E-state index is 14.4. The van der Waals surface area contributed by atoms with E-state index in [1.54, 1.807) is 26.8 Å². The molecule has 2 rings (SSSR count). The van der Waals surface area contributed by atoms with Gasteiger partial charge < -0.3 is 9.64 Å². The minimum Gasteiger partial charge on any atom is -0.444 e. The molecule has 7 heteroatoms. The number of halogens is 2. The summed E-state index contributed by atoms with van der Waals surface area (Å²) < 4.78 is 33.9. The lowest BCUT2D eigenvalue weighted by Crippen LogP contribution is -2.56. The minimum atomic E-state index is -3.12. The highest BCUT2D eigenvalue weighted by molar-refractivity contribution is 5.69. The Morgan fingerprint density at radius 3 is 2.64 bits per heavy atom. The number of aromatic nitrogens is 1. The van der Waals surface area contributed by atoms with Crippen molar-refractivity contribution in [3.63, 3.8) is 0 Å². The largest absolute Gasteiger partial charge is 0.444 e. The predicted octanol–water partition coefficient (Wildman–Crippen LogP) is 2.91. The fourth-order valence-electron chi connectivity index (χ4n) is 2.12. The zero-order valence-corrected chi connectivity index (χ0v) is 12.6. The van der Waals surface area contributed by atoms with Gasteiger partial charge in [-0.1, -0.05) is 0 Å². The van der Waals surface area contributed by atoms with Crippen molar-refractivity contribution in [3.05, 3.63) is 29.6 Å². The molecule has 0 unspecified atom stereocenters. The van der Waals surface area contributed by atoms with Crippen molar-refractivity contribution < 1.29 is 18.3 Å². The molecule has 0 atom stereocenters. The van der Waals surface area contributed by atoms with Gasteiger partial charge in [-0.15, -0.1) is 0 Å². The molecule has 22 heavy (non-hydrogen) atoms. The van der Waals surface area contributed by atoms with Crippen LogP contribution in [0.25, 0.3) is 0 Å². The number of hydrogen-bond acceptors (Lipinski definition) is 4. The van der Waals surface area contributed by atoms with Crippen LogP contribution in [0, 0.1) is 17.2 Å². The van der Waals surface area contributed by atoms with Gasteiger partial charge in [-0.3, -0.25) is 0 Å². The van der Waals surface area contributed by atoms with E-state index in [0.717, 1.165) is 6.07 Å². The van der Waals surface area contributed by atoms with Crippen molar-refractivity contribution in [2.45, 2.75) is 32.3 Å². The molecule has 0 aliphatic carbocycles. The summed E-state index contributed by atoms with van der Waals surface area (Å²) in [6, 6.07) is 4.01. The third-order valence-electron chi connectivity index (χ3n) is 3.31. The second-order valence-corrected chi connectivity index (χ2v) is 6.25. The quantitative estimate of drug-likeness (QED) is 0.842. The summed E-state index contributed by atoms with van der Waals surface area (Å²) in [5, 5.41) is 8.73. The molecule has 0 bridgehead atoms. The first-order valence-electron chi connectivity index (χ1n) is 6.86. The smallest absolute Gasteiger partial charge is 0.410 e. The molecule has 1 amide bonds. The minimum absolute atomic E-state index is 0.0551. The number of hydrogen-bond donors (Lipinski definition) is 0. The van der Waals surface area contributed by atoms with Gasteiger partial charge in [-0.2, -0.15) is 5.26 Å². The molecule has 0 spiro atoms. The molecule has 1 aromatic heterocycles. The Morgan fingerprint density at radius 1 is 1.45 bits per heavy atom. The van der Waals surface area contributed by atoms with Gasteiger partial charge >= 0.3 is 6.09 Å². The van der Waals surface area contributed by atoms with Gasteiger partial charge in [-0.05, 0) is 32.9 Å². The lowest BCUT2D eigenvalue weighted by atomic mass is 9.88. The summed E-state index contributed by atoms with van der Waals surface area (Å²) in [5.74, 6) is -4.11. The van der Waals surface area contributed by atoms with Crippen molar-refractivity contribution in [1.29, 1.82) is 5.26 Å². The molecule has 0 N–H and O–H groups in total. The average molecular weight is 309 g/mol. The van der Waals surface area contributed by atoms with Crippen molar-refractivity contribution in [3.8, 4) is 6.07 Å². The van der Waals surface area contributed by atoms with Crippen molar-refractivity contribution >= 4 is 6.09 Å². The zero-order chi connectivity index (χ0) is 16.5. The fraction of sp³-hybridized carbons (Fsp3) is 0.533. The lowest BCUT2D eigenvalue weighted by molar-refractivity contribution is -0.121. The molecule has 2 heterocycles. The maximum Gasteiger partial charge on any atom is 0.410 e. The number of carbonyl (C=O) groups excluding carboxylic acids is 1. The van der Waals surface area contributed by atoms with Crippen LogP contribution in [-0.2, 0) is 10.7 Å². The maximum absolute atomic E-state index is 14.4. The van der Waals surface area contributed by atoms with Gasteiger partial charge in [0.15, 0.2) is 0 Å². The summed E-state index contributed by atoms with van der Waals surface area (Å²) >= 11 is 0. The first-order valence-corrected chi connectivity index (χ1v) is 6.86. The highest BCUT2D eigenvalue weighted by atomic mass is 19.3. The molecule has 1 saturated heterocycles. The van der Waals surface area contributed by atoms with Crippen LogP contribution in [0.15, 0.2) is 18.3 Å². The number of pyridine rings is 1. The van der Waals surface area contributed by atoms with Crippen molar-refractivity contribution in [1.82, 2.24) is 9.88 Å². The van der Waals surface area contributed by atoms with Crippen LogP contribution in [0.3, 0.4) is 0 Å². The highest BCUT2D eigenvalue weighted by Gasteiger charge is 2.50. The second-order valence-electron chi connectivity index (χ2n) is 6.25. The summed E-state index contributed by atoms with van der Waals surface area (Å²) in [4.78, 5) is 16.7. The van der Waals surface area contributed by atoms with E-state index in [-0.39, 0.29) is 24.3 Å². The number of amides is 1. The molecule has 118 valence electrons. The van der Waals surface area contributed by atoms with Gasteiger partial charge in [0.2, 0.25) is 0 Å². The number of nitriles is 1. The van der Waals surface area contributed by atoms with Gasteiger partial charge in [0, 0.05) is 24.8 Å². The number of likely N-dealkylation sites (tertiary alicyclic amines) is 1. The SMILES string of the molecule is CC(C)(C)OC(=O)N1CC(C(F)(F)c2ccnc(C#N)c2)C1. The molecule has 1 aromatic rings. The number of alkyl halides is 2. The Bertz CT molecular complexity index is 614. The molecule has 1 aliphatic rings. The van der Waals surface area contributed by atoms with E-state index >= 15 is 0 Å². The van der Waals surface area contributed by atoms with Crippen LogP contribution in [0.1, 0.15) is 32.0 Å². The average Bonchev–Trinajstić information content (AvgIpc) is 2.34. The Balaban J connectivity index is 2.02. The van der Waals surface area contributed by atoms with E-state index in [9.17, 15) is 13.6 Å². The van der Waals surface area contributed by atoms with Gasteiger partial charge in [0.25, 0.3) is 5.92 Å². The third kappa shape index (κ3) is 3.32. The third-order valence-corrected chi connectivity index (χ3v) is 3.31. The molecule has 0 saturated carbocycles. The first kappa shape index (κ1) is 16.1. The van der Waals surface area contributed by atoms with Crippen LogP contribution in [0.5, 0.6) is 0 Å². The number of carbonyl (C=O) groups is 1. The fourth-order valence-corrected chi connectivity index (χ4v) is 2.12. The monoisotopic (exact) mass is 309 g/mol. The van der Waals surface area contributed by atoms with E-state index in [2.05, 4.69) is 4.98 Å². The van der Waals surface area contributed by atoms with E-state index in [1.165, 1.54) is 17.2 Å². The summed E-state index contributed by atoms with van der Waals surface area (Å²) in [7, 11) is 0. The van der Waals surface area contributed by atoms with E-state index in [4.69, 9.17) is 10.00 Å². The molecule has 1 aliphatic heterocycles.